The van der Waals surface area contributed by atoms with Crippen molar-refractivity contribution in [1.29, 1.82) is 0 Å². The summed E-state index contributed by atoms with van der Waals surface area (Å²) in [5.74, 6) is 1.98. The number of piperazine rings is 1. The van der Waals surface area contributed by atoms with Gasteiger partial charge in [-0.15, -0.1) is 0 Å². The van der Waals surface area contributed by atoms with Crippen molar-refractivity contribution in [3.8, 4) is 0 Å². The molecule has 0 aromatic rings. The van der Waals surface area contributed by atoms with Gasteiger partial charge < -0.3 is 5.32 Å². The van der Waals surface area contributed by atoms with Crippen molar-refractivity contribution in [2.45, 2.75) is 85.2 Å². The zero-order valence-electron chi connectivity index (χ0n) is 15.1. The molecule has 1 aliphatic carbocycles. The molecular formula is C19H38N2. The summed E-state index contributed by atoms with van der Waals surface area (Å²) in [5, 5.41) is 3.80. The molecule has 2 rings (SSSR count). The van der Waals surface area contributed by atoms with Crippen molar-refractivity contribution >= 4 is 0 Å². The molecule has 0 radical (unpaired) electrons. The van der Waals surface area contributed by atoms with Crippen LogP contribution in [-0.4, -0.2) is 36.6 Å². The predicted octanol–water partition coefficient (Wildman–Crippen LogP) is 4.30. The van der Waals surface area contributed by atoms with E-state index in [1.807, 2.05) is 0 Å². The molecular weight excluding hydrogens is 256 g/mol. The maximum atomic E-state index is 3.80. The molecule has 21 heavy (non-hydrogen) atoms. The van der Waals surface area contributed by atoms with Gasteiger partial charge in [-0.25, -0.2) is 0 Å². The first-order valence-corrected chi connectivity index (χ1v) is 9.41. The van der Waals surface area contributed by atoms with Crippen molar-refractivity contribution in [2.24, 2.45) is 17.3 Å². The van der Waals surface area contributed by atoms with E-state index in [0.29, 0.717) is 11.5 Å². The summed E-state index contributed by atoms with van der Waals surface area (Å²) >= 11 is 0. The van der Waals surface area contributed by atoms with Crippen LogP contribution in [0.1, 0.15) is 73.1 Å². The van der Waals surface area contributed by atoms with Gasteiger partial charge in [0.15, 0.2) is 0 Å². The largest absolute Gasteiger partial charge is 0.311 e. The van der Waals surface area contributed by atoms with E-state index in [0.717, 1.165) is 17.9 Å². The van der Waals surface area contributed by atoms with Gasteiger partial charge in [0.05, 0.1) is 0 Å². The second kappa shape index (κ2) is 7.46. The first kappa shape index (κ1) is 17.3. The molecule has 2 heteroatoms. The third-order valence-corrected chi connectivity index (χ3v) is 6.09. The van der Waals surface area contributed by atoms with E-state index in [1.54, 1.807) is 0 Å². The summed E-state index contributed by atoms with van der Waals surface area (Å²) in [7, 11) is 0. The molecule has 2 fully saturated rings. The molecule has 0 bridgehead atoms. The van der Waals surface area contributed by atoms with Crippen LogP contribution >= 0.6 is 0 Å². The lowest BCUT2D eigenvalue weighted by molar-refractivity contribution is 0.0606. The monoisotopic (exact) mass is 294 g/mol. The van der Waals surface area contributed by atoms with Gasteiger partial charge in [-0.05, 0) is 36.5 Å². The van der Waals surface area contributed by atoms with E-state index in [1.165, 1.54) is 58.2 Å². The van der Waals surface area contributed by atoms with Gasteiger partial charge in [0.1, 0.15) is 0 Å². The van der Waals surface area contributed by atoms with Gasteiger partial charge in [0.2, 0.25) is 0 Å². The number of nitrogens with one attached hydrogen (secondary N) is 1. The predicted molar refractivity (Wildman–Crippen MR) is 92.6 cm³/mol. The zero-order chi connectivity index (χ0) is 15.5. The molecule has 0 amide bonds. The van der Waals surface area contributed by atoms with Crippen LogP contribution in [0, 0.1) is 17.3 Å². The molecule has 2 atom stereocenters. The first-order valence-electron chi connectivity index (χ1n) is 9.41. The Balaban J connectivity index is 1.89. The average molecular weight is 295 g/mol. The summed E-state index contributed by atoms with van der Waals surface area (Å²) in [4.78, 5) is 2.82. The summed E-state index contributed by atoms with van der Waals surface area (Å²) in [5.41, 5.74) is 0.372. The highest BCUT2D eigenvalue weighted by Crippen LogP contribution is 2.32. The fourth-order valence-corrected chi connectivity index (χ4v) is 4.22. The van der Waals surface area contributed by atoms with Crippen LogP contribution in [-0.2, 0) is 0 Å². The Labute approximate surface area is 133 Å². The number of hydrogen-bond acceptors (Lipinski definition) is 2. The van der Waals surface area contributed by atoms with Crippen LogP contribution < -0.4 is 5.32 Å². The third-order valence-electron chi connectivity index (χ3n) is 6.09. The van der Waals surface area contributed by atoms with Crippen LogP contribution in [0.15, 0.2) is 0 Å². The standard InChI is InChI=1S/C19H38N2/c1-6-15-8-10-16(11-9-15)13-21-14-18(19(3,4)5)20-12-17(21)7-2/h15-18,20H,6-14H2,1-5H3. The molecule has 1 heterocycles. The molecule has 0 aromatic heterocycles. The summed E-state index contributed by atoms with van der Waals surface area (Å²) in [6, 6.07) is 1.40. The maximum Gasteiger partial charge on any atom is 0.0244 e. The van der Waals surface area contributed by atoms with Gasteiger partial charge in [-0.3, -0.25) is 4.90 Å². The molecule has 2 aliphatic rings. The summed E-state index contributed by atoms with van der Waals surface area (Å²) in [6.45, 7) is 15.6. The minimum absolute atomic E-state index is 0.372. The lowest BCUT2D eigenvalue weighted by Gasteiger charge is -2.46. The highest BCUT2D eigenvalue weighted by atomic mass is 15.2. The Bertz CT molecular complexity index is 299. The number of hydrogen-bond donors (Lipinski definition) is 1. The molecule has 1 aliphatic heterocycles. The highest BCUT2D eigenvalue weighted by Gasteiger charge is 2.34. The van der Waals surface area contributed by atoms with Crippen LogP contribution in [0.3, 0.4) is 0 Å². The Morgan fingerprint density at radius 2 is 1.57 bits per heavy atom. The zero-order valence-corrected chi connectivity index (χ0v) is 15.1. The first-order chi connectivity index (χ1) is 9.94. The Morgan fingerprint density at radius 3 is 2.10 bits per heavy atom. The SMILES string of the molecule is CCC1CCC(CN2CC(C(C)(C)C)NCC2CC)CC1. The molecule has 124 valence electrons. The molecule has 1 N–H and O–H groups in total. The lowest BCUT2D eigenvalue weighted by atomic mass is 9.79. The fourth-order valence-electron chi connectivity index (χ4n) is 4.22. The molecule has 0 spiro atoms. The second-order valence-corrected chi connectivity index (χ2v) is 8.64. The maximum absolute atomic E-state index is 3.80. The number of nitrogens with zero attached hydrogens (tertiary/aromatic N) is 1. The highest BCUT2D eigenvalue weighted by molar-refractivity contribution is 4.92. The van der Waals surface area contributed by atoms with Crippen molar-refractivity contribution in [3.63, 3.8) is 0 Å². The van der Waals surface area contributed by atoms with E-state index >= 15 is 0 Å². The third kappa shape index (κ3) is 4.69. The van der Waals surface area contributed by atoms with Gasteiger partial charge in [-0.2, -0.15) is 0 Å². The van der Waals surface area contributed by atoms with Gasteiger partial charge in [0, 0.05) is 31.7 Å². The topological polar surface area (TPSA) is 15.3 Å². The Hall–Kier alpha value is -0.0800. The van der Waals surface area contributed by atoms with E-state index < -0.39 is 0 Å². The number of rotatable bonds is 4. The summed E-state index contributed by atoms with van der Waals surface area (Å²) in [6.07, 6.45) is 8.58. The molecule has 1 saturated heterocycles. The van der Waals surface area contributed by atoms with Gasteiger partial charge in [0.25, 0.3) is 0 Å². The van der Waals surface area contributed by atoms with Gasteiger partial charge >= 0.3 is 0 Å². The van der Waals surface area contributed by atoms with Crippen molar-refractivity contribution in [1.82, 2.24) is 10.2 Å². The van der Waals surface area contributed by atoms with E-state index in [4.69, 9.17) is 0 Å². The lowest BCUT2D eigenvalue weighted by Crippen LogP contribution is -2.60. The normalized spacial score (nSPS) is 35.9. The fraction of sp³-hybridized carbons (Fsp3) is 1.00. The smallest absolute Gasteiger partial charge is 0.0244 e. The Morgan fingerprint density at radius 1 is 0.952 bits per heavy atom. The van der Waals surface area contributed by atoms with Crippen LogP contribution in [0.25, 0.3) is 0 Å². The Kier molecular flexibility index (Phi) is 6.14. The summed E-state index contributed by atoms with van der Waals surface area (Å²) < 4.78 is 0. The average Bonchev–Trinajstić information content (AvgIpc) is 2.47. The van der Waals surface area contributed by atoms with Crippen LogP contribution in [0.5, 0.6) is 0 Å². The molecule has 0 aromatic carbocycles. The minimum Gasteiger partial charge on any atom is -0.311 e. The second-order valence-electron chi connectivity index (χ2n) is 8.64. The van der Waals surface area contributed by atoms with Gasteiger partial charge in [-0.1, -0.05) is 53.9 Å². The van der Waals surface area contributed by atoms with Crippen LogP contribution in [0.2, 0.25) is 0 Å². The minimum atomic E-state index is 0.372. The van der Waals surface area contributed by atoms with Crippen LogP contribution in [0.4, 0.5) is 0 Å². The van der Waals surface area contributed by atoms with Crippen molar-refractivity contribution in [3.05, 3.63) is 0 Å². The van der Waals surface area contributed by atoms with E-state index in [9.17, 15) is 0 Å². The van der Waals surface area contributed by atoms with E-state index in [2.05, 4.69) is 44.8 Å². The van der Waals surface area contributed by atoms with E-state index in [-0.39, 0.29) is 0 Å². The van der Waals surface area contributed by atoms with Crippen molar-refractivity contribution < 1.29 is 0 Å². The quantitative estimate of drug-likeness (QED) is 0.831. The van der Waals surface area contributed by atoms with Crippen molar-refractivity contribution in [2.75, 3.05) is 19.6 Å². The molecule has 2 unspecified atom stereocenters. The molecule has 1 saturated carbocycles. The molecule has 2 nitrogen and oxygen atoms in total.